The van der Waals surface area contributed by atoms with E-state index in [-0.39, 0.29) is 12.5 Å². The summed E-state index contributed by atoms with van der Waals surface area (Å²) in [5.74, 6) is 0.963. The van der Waals surface area contributed by atoms with Crippen molar-refractivity contribution in [1.82, 2.24) is 0 Å². The molecule has 4 N–H and O–H groups in total. The van der Waals surface area contributed by atoms with Crippen LogP contribution >= 0.6 is 0 Å². The van der Waals surface area contributed by atoms with Crippen molar-refractivity contribution in [3.63, 3.8) is 0 Å². The van der Waals surface area contributed by atoms with Crippen LogP contribution < -0.4 is 15.8 Å². The van der Waals surface area contributed by atoms with Crippen LogP contribution in [-0.4, -0.2) is 11.0 Å². The second-order valence-corrected chi connectivity index (χ2v) is 4.64. The number of rotatable bonds is 3. The van der Waals surface area contributed by atoms with Gasteiger partial charge in [0.15, 0.2) is 5.75 Å². The molecular formula is C15H14N2O3. The van der Waals surface area contributed by atoms with Gasteiger partial charge in [-0.15, -0.1) is 0 Å². The number of amides is 1. The van der Waals surface area contributed by atoms with E-state index in [1.807, 2.05) is 12.1 Å². The number of hydrogen-bond donors (Lipinski definition) is 3. The van der Waals surface area contributed by atoms with E-state index in [2.05, 4.69) is 5.32 Å². The highest BCUT2D eigenvalue weighted by molar-refractivity contribution is 6.00. The van der Waals surface area contributed by atoms with E-state index in [0.717, 1.165) is 11.3 Å². The number of aliphatic hydroxyl groups is 1. The summed E-state index contributed by atoms with van der Waals surface area (Å²) in [6, 6.07) is 10.6. The lowest BCUT2D eigenvalue weighted by atomic mass is 10.1. The van der Waals surface area contributed by atoms with E-state index in [9.17, 15) is 9.90 Å². The third-order valence-electron chi connectivity index (χ3n) is 3.22. The van der Waals surface area contributed by atoms with Crippen molar-refractivity contribution in [3.05, 3.63) is 47.5 Å². The quantitative estimate of drug-likeness (QED) is 0.745. The second-order valence-electron chi connectivity index (χ2n) is 4.64. The Balaban J connectivity index is 1.96. The minimum absolute atomic E-state index is 0.0488. The van der Waals surface area contributed by atoms with Crippen molar-refractivity contribution >= 4 is 17.3 Å². The first-order chi connectivity index (χ1) is 9.67. The van der Waals surface area contributed by atoms with Crippen molar-refractivity contribution in [1.29, 1.82) is 0 Å². The van der Waals surface area contributed by atoms with Crippen LogP contribution in [0.2, 0.25) is 0 Å². The Kier molecular flexibility index (Phi) is 3.04. The predicted molar refractivity (Wildman–Crippen MR) is 75.6 cm³/mol. The maximum Gasteiger partial charge on any atom is 0.228 e. The van der Waals surface area contributed by atoms with Gasteiger partial charge in [-0.05, 0) is 17.7 Å². The molecule has 5 nitrogen and oxygen atoms in total. The van der Waals surface area contributed by atoms with Crippen LogP contribution in [0.25, 0.3) is 0 Å². The van der Waals surface area contributed by atoms with Crippen LogP contribution in [0.15, 0.2) is 36.4 Å². The number of carbonyl (C=O) groups excluding carboxylic acids is 1. The zero-order valence-corrected chi connectivity index (χ0v) is 10.7. The number of anilines is 2. The Morgan fingerprint density at radius 3 is 2.85 bits per heavy atom. The molecular weight excluding hydrogens is 256 g/mol. The number of ether oxygens (including phenoxy) is 1. The normalized spacial score (nSPS) is 12.9. The molecule has 5 heteroatoms. The topological polar surface area (TPSA) is 84.6 Å². The second kappa shape index (κ2) is 4.86. The molecule has 0 spiro atoms. The number of aliphatic hydroxyl groups excluding tert-OH is 1. The number of carbonyl (C=O) groups is 1. The standard InChI is InChI=1S/C15H14N2O3/c16-11-5-10-6-15(19)17-12(10)7-14(11)20-13-4-2-1-3-9(13)8-18/h1-5,7,18H,6,8,16H2,(H,17,19). The molecule has 0 unspecified atom stereocenters. The van der Waals surface area contributed by atoms with Gasteiger partial charge in [0.1, 0.15) is 5.75 Å². The average Bonchev–Trinajstić information content (AvgIpc) is 2.79. The van der Waals surface area contributed by atoms with E-state index >= 15 is 0 Å². The van der Waals surface area contributed by atoms with Crippen LogP contribution in [0.3, 0.4) is 0 Å². The fourth-order valence-electron chi connectivity index (χ4n) is 2.21. The molecule has 1 aliphatic heterocycles. The zero-order chi connectivity index (χ0) is 14.1. The molecule has 1 amide bonds. The van der Waals surface area contributed by atoms with Crippen LogP contribution in [-0.2, 0) is 17.8 Å². The Morgan fingerprint density at radius 1 is 1.25 bits per heavy atom. The lowest BCUT2D eigenvalue weighted by molar-refractivity contribution is -0.115. The average molecular weight is 270 g/mol. The van der Waals surface area contributed by atoms with Gasteiger partial charge in [-0.25, -0.2) is 0 Å². The van der Waals surface area contributed by atoms with Crippen molar-refractivity contribution in [2.24, 2.45) is 0 Å². The fraction of sp³-hybridized carbons (Fsp3) is 0.133. The summed E-state index contributed by atoms with van der Waals surface area (Å²) in [7, 11) is 0. The Morgan fingerprint density at radius 2 is 2.05 bits per heavy atom. The molecule has 0 atom stereocenters. The van der Waals surface area contributed by atoms with E-state index in [1.54, 1.807) is 24.3 Å². The summed E-state index contributed by atoms with van der Waals surface area (Å²) in [6.07, 6.45) is 0.340. The van der Waals surface area contributed by atoms with Crippen molar-refractivity contribution in [2.45, 2.75) is 13.0 Å². The largest absolute Gasteiger partial charge is 0.455 e. The van der Waals surface area contributed by atoms with Crippen molar-refractivity contribution in [3.8, 4) is 11.5 Å². The van der Waals surface area contributed by atoms with Crippen molar-refractivity contribution in [2.75, 3.05) is 11.1 Å². The third-order valence-corrected chi connectivity index (χ3v) is 3.22. The predicted octanol–water partition coefficient (Wildman–Crippen LogP) is 2.05. The van der Waals surface area contributed by atoms with Gasteiger partial charge < -0.3 is 20.9 Å². The number of hydrogen-bond acceptors (Lipinski definition) is 4. The van der Waals surface area contributed by atoms with Crippen molar-refractivity contribution < 1.29 is 14.6 Å². The number of fused-ring (bicyclic) bond motifs is 1. The first kappa shape index (κ1) is 12.5. The summed E-state index contributed by atoms with van der Waals surface area (Å²) < 4.78 is 5.76. The number of nitrogens with two attached hydrogens (primary N) is 1. The summed E-state index contributed by atoms with van der Waals surface area (Å²) in [4.78, 5) is 11.4. The molecule has 2 aromatic carbocycles. The van der Waals surface area contributed by atoms with Gasteiger partial charge in [-0.2, -0.15) is 0 Å². The molecule has 0 bridgehead atoms. The molecule has 0 saturated heterocycles. The molecule has 0 fully saturated rings. The van der Waals surface area contributed by atoms with Gasteiger partial charge in [-0.1, -0.05) is 18.2 Å². The molecule has 20 heavy (non-hydrogen) atoms. The highest BCUT2D eigenvalue weighted by Crippen LogP contribution is 2.36. The Labute approximate surface area is 116 Å². The number of nitrogens with one attached hydrogen (secondary N) is 1. The lowest BCUT2D eigenvalue weighted by Crippen LogP contribution is -2.03. The molecule has 0 saturated carbocycles. The molecule has 0 aliphatic carbocycles. The summed E-state index contributed by atoms with van der Waals surface area (Å²) in [5, 5.41) is 12.0. The third kappa shape index (κ3) is 2.19. The van der Waals surface area contributed by atoms with Crippen LogP contribution in [0.5, 0.6) is 11.5 Å². The maximum atomic E-state index is 11.4. The highest BCUT2D eigenvalue weighted by Gasteiger charge is 2.20. The first-order valence-electron chi connectivity index (χ1n) is 6.26. The van der Waals surface area contributed by atoms with Gasteiger partial charge in [0.05, 0.1) is 18.7 Å². The van der Waals surface area contributed by atoms with Crippen LogP contribution in [0.1, 0.15) is 11.1 Å². The maximum absolute atomic E-state index is 11.4. The lowest BCUT2D eigenvalue weighted by Gasteiger charge is -2.12. The first-order valence-corrected chi connectivity index (χ1v) is 6.26. The number of nitrogen functional groups attached to an aromatic ring is 1. The zero-order valence-electron chi connectivity index (χ0n) is 10.7. The van der Waals surface area contributed by atoms with Crippen LogP contribution in [0, 0.1) is 0 Å². The summed E-state index contributed by atoms with van der Waals surface area (Å²) >= 11 is 0. The molecule has 0 aromatic heterocycles. The van der Waals surface area contributed by atoms with E-state index in [0.29, 0.717) is 29.2 Å². The molecule has 1 heterocycles. The smallest absolute Gasteiger partial charge is 0.228 e. The van der Waals surface area contributed by atoms with Gasteiger partial charge >= 0.3 is 0 Å². The Bertz CT molecular complexity index is 683. The van der Waals surface area contributed by atoms with Gasteiger partial charge in [0.25, 0.3) is 0 Å². The summed E-state index contributed by atoms with van der Waals surface area (Å²) in [5.41, 5.74) is 8.69. The monoisotopic (exact) mass is 270 g/mol. The molecule has 2 aromatic rings. The number of para-hydroxylation sites is 1. The van der Waals surface area contributed by atoms with Gasteiger partial charge in [0, 0.05) is 17.3 Å². The molecule has 3 rings (SSSR count). The number of benzene rings is 2. The Hall–Kier alpha value is -2.53. The van der Waals surface area contributed by atoms with E-state index < -0.39 is 0 Å². The van der Waals surface area contributed by atoms with E-state index in [4.69, 9.17) is 10.5 Å². The minimum Gasteiger partial charge on any atom is -0.455 e. The van der Waals surface area contributed by atoms with Gasteiger partial charge in [-0.3, -0.25) is 4.79 Å². The SMILES string of the molecule is Nc1cc2c(cc1Oc1ccccc1CO)NC(=O)C2. The molecule has 1 aliphatic rings. The van der Waals surface area contributed by atoms with Gasteiger partial charge in [0.2, 0.25) is 5.91 Å². The van der Waals surface area contributed by atoms with E-state index in [1.165, 1.54) is 0 Å². The molecule has 0 radical (unpaired) electrons. The van der Waals surface area contributed by atoms with Crippen LogP contribution in [0.4, 0.5) is 11.4 Å². The highest BCUT2D eigenvalue weighted by atomic mass is 16.5. The minimum atomic E-state index is -0.113. The summed E-state index contributed by atoms with van der Waals surface area (Å²) in [6.45, 7) is -0.113. The molecule has 102 valence electrons. The fourth-order valence-corrected chi connectivity index (χ4v) is 2.21.